The third-order valence-electron chi connectivity index (χ3n) is 9.77. The Bertz CT molecular complexity index is 4690. The van der Waals surface area contributed by atoms with E-state index < -0.39 is 177 Å². The molecular formula is C51H31N5O. The molecule has 8 aromatic carbocycles. The molecule has 0 saturated carbocycles. The van der Waals surface area contributed by atoms with Gasteiger partial charge in [0, 0.05) is 49.1 Å². The smallest absolute Gasteiger partial charge is 0.238 e. The second kappa shape index (κ2) is 12.3. The molecule has 0 atom stereocenters. The predicted octanol–water partition coefficient (Wildman–Crippen LogP) is 13.0. The Morgan fingerprint density at radius 2 is 1.05 bits per heavy atom. The number of furan rings is 1. The molecule has 0 radical (unpaired) electrons. The molecule has 12 aromatic rings. The molecule has 0 N–H and O–H groups in total. The van der Waals surface area contributed by atoms with E-state index in [0.29, 0.717) is 43.6 Å². The number of hydrogen-bond donors (Lipinski definition) is 0. The molecule has 266 valence electrons. The Labute approximate surface area is 356 Å². The average Bonchev–Trinajstić information content (AvgIpc) is 3.91. The van der Waals surface area contributed by atoms with Gasteiger partial charge >= 0.3 is 0 Å². The molecule has 4 aromatic heterocycles. The lowest BCUT2D eigenvalue weighted by Crippen LogP contribution is -2.06. The summed E-state index contributed by atoms with van der Waals surface area (Å²) in [6.07, 6.45) is 0. The van der Waals surface area contributed by atoms with Gasteiger partial charge < -0.3 is 8.98 Å². The van der Waals surface area contributed by atoms with E-state index >= 15 is 0 Å². The average molecular weight is 751 g/mol. The maximum Gasteiger partial charge on any atom is 0.238 e. The molecule has 12 rings (SSSR count). The summed E-state index contributed by atoms with van der Waals surface area (Å²) in [4.78, 5) is 14.1. The van der Waals surface area contributed by atoms with Gasteiger partial charge in [-0.05, 0) is 65.6 Å². The molecule has 0 saturated heterocycles. The number of hydrogen-bond acceptors (Lipinski definition) is 4. The highest BCUT2D eigenvalue weighted by molar-refractivity contribution is 6.19. The number of nitrogens with zero attached hydrogens (tertiary/aromatic N) is 5. The molecule has 0 spiro atoms. The van der Waals surface area contributed by atoms with E-state index in [1.54, 1.807) is 47.0 Å². The van der Waals surface area contributed by atoms with Gasteiger partial charge in [-0.1, -0.05) is 133 Å². The van der Waals surface area contributed by atoms with Gasteiger partial charge in [-0.25, -0.2) is 4.98 Å². The van der Waals surface area contributed by atoms with E-state index in [-0.39, 0.29) is 17.0 Å². The molecule has 0 fully saturated rings. The van der Waals surface area contributed by atoms with Crippen LogP contribution in [0.5, 0.6) is 0 Å². The highest BCUT2D eigenvalue weighted by Gasteiger charge is 2.22. The molecular weight excluding hydrogens is 699 g/mol. The van der Waals surface area contributed by atoms with E-state index in [1.807, 2.05) is 18.2 Å². The van der Waals surface area contributed by atoms with Gasteiger partial charge in [0.05, 0.1) is 50.9 Å². The van der Waals surface area contributed by atoms with Crippen LogP contribution in [-0.4, -0.2) is 24.1 Å². The van der Waals surface area contributed by atoms with Crippen LogP contribution in [0.1, 0.15) is 28.8 Å². The largest absolute Gasteiger partial charge is 0.456 e. The van der Waals surface area contributed by atoms with E-state index in [2.05, 4.69) is 4.98 Å². The summed E-state index contributed by atoms with van der Waals surface area (Å²) < 4.78 is 194. The molecule has 0 bridgehead atoms. The monoisotopic (exact) mass is 750 g/mol. The van der Waals surface area contributed by atoms with Gasteiger partial charge in [0.2, 0.25) is 5.95 Å². The van der Waals surface area contributed by atoms with Crippen molar-refractivity contribution in [2.45, 2.75) is 0 Å². The standard InChI is InChI=1S/C51H31N5O/c1-4-15-32(16-5-1)36-23-14-26-46-48(36)39-28-27-34(29-47(39)57-46)50-52-49(33-17-6-2-7-18-33)53-51(54-50)56-43-25-13-11-22-38(43)41-30-40-37-21-10-12-24-42(37)55(44(40)31-45(41)56)35-19-8-3-9-20-35/h1-31H/i1D,2D,3D,4D,5D,6D,7D,8D,9D,14D,15D,16D,17D,18D,19D,20D,23D,26D,27D,28D,29D. The third-order valence-corrected chi connectivity index (χ3v) is 9.77. The first-order chi connectivity index (χ1) is 37.0. The van der Waals surface area contributed by atoms with Gasteiger partial charge in [-0.15, -0.1) is 0 Å². The van der Waals surface area contributed by atoms with Crippen LogP contribution in [0.25, 0.3) is 111 Å². The highest BCUT2D eigenvalue weighted by Crippen LogP contribution is 2.41. The van der Waals surface area contributed by atoms with Crippen molar-refractivity contribution < 1.29 is 33.2 Å². The maximum atomic E-state index is 9.72. The summed E-state index contributed by atoms with van der Waals surface area (Å²) >= 11 is 0. The SMILES string of the molecule is [2H]c1c([2H])c([2H])c(-c2nc(-c3c([2H])c([2H])c4c(oc5c([2H])c([2H])c([2H])c(-c6c([2H])c([2H])c([2H])c([2H])c6[2H])c54)c3[2H])nc(-n3c4ccccc4c4cc5c6ccccc6n(-c6c([2H])c([2H])c([2H])c([2H])c6[2H])c5cc43)n2)c([2H])c1[2H]. The first-order valence-corrected chi connectivity index (χ1v) is 17.4. The molecule has 57 heavy (non-hydrogen) atoms. The van der Waals surface area contributed by atoms with Gasteiger partial charge in [-0.3, -0.25) is 4.57 Å². The van der Waals surface area contributed by atoms with Crippen LogP contribution in [0, 0.1) is 0 Å². The first kappa shape index (κ1) is 17.3. The van der Waals surface area contributed by atoms with Crippen LogP contribution in [0.4, 0.5) is 0 Å². The second-order valence-electron chi connectivity index (χ2n) is 12.9. The first-order valence-electron chi connectivity index (χ1n) is 27.9. The van der Waals surface area contributed by atoms with E-state index in [9.17, 15) is 4.11 Å². The molecule has 0 amide bonds. The van der Waals surface area contributed by atoms with Crippen molar-refractivity contribution in [2.75, 3.05) is 0 Å². The van der Waals surface area contributed by atoms with Crippen LogP contribution in [0.15, 0.2) is 192 Å². The molecule has 6 nitrogen and oxygen atoms in total. The van der Waals surface area contributed by atoms with Crippen molar-refractivity contribution in [2.24, 2.45) is 0 Å². The molecule has 0 aliphatic rings. The zero-order chi connectivity index (χ0) is 55.7. The summed E-state index contributed by atoms with van der Waals surface area (Å²) in [5.41, 5.74) is -1.67. The van der Waals surface area contributed by atoms with Crippen molar-refractivity contribution in [3.8, 4) is 45.5 Å². The fourth-order valence-electron chi connectivity index (χ4n) is 7.41. The van der Waals surface area contributed by atoms with E-state index in [4.69, 9.17) is 39.1 Å². The number of para-hydroxylation sites is 3. The van der Waals surface area contributed by atoms with Crippen molar-refractivity contribution in [3.63, 3.8) is 0 Å². The lowest BCUT2D eigenvalue weighted by atomic mass is 9.99. The number of rotatable bonds is 5. The van der Waals surface area contributed by atoms with Crippen LogP contribution < -0.4 is 0 Å². The predicted molar refractivity (Wildman–Crippen MR) is 232 cm³/mol. The quantitative estimate of drug-likeness (QED) is 0.176. The fraction of sp³-hybridized carbons (Fsp3) is 0. The fourth-order valence-corrected chi connectivity index (χ4v) is 7.41. The van der Waals surface area contributed by atoms with Crippen LogP contribution in [-0.2, 0) is 0 Å². The number of benzene rings is 8. The zero-order valence-electron chi connectivity index (χ0n) is 49.9. The Balaban J connectivity index is 1.22. The van der Waals surface area contributed by atoms with Gasteiger partial charge in [0.1, 0.15) is 11.2 Å². The van der Waals surface area contributed by atoms with Crippen molar-refractivity contribution in [3.05, 3.63) is 188 Å². The zero-order valence-corrected chi connectivity index (χ0v) is 28.9. The Morgan fingerprint density at radius 1 is 0.439 bits per heavy atom. The lowest BCUT2D eigenvalue weighted by molar-refractivity contribution is 0.669. The highest BCUT2D eigenvalue weighted by atomic mass is 16.3. The number of fused-ring (bicyclic) bond motifs is 9. The summed E-state index contributed by atoms with van der Waals surface area (Å²) in [6.45, 7) is 0. The molecule has 0 aliphatic heterocycles. The third kappa shape index (κ3) is 4.87. The molecule has 0 unspecified atom stereocenters. The minimum absolute atomic E-state index is 0.144. The maximum absolute atomic E-state index is 9.72. The minimum Gasteiger partial charge on any atom is -0.456 e. The Hall–Kier alpha value is -7.83. The summed E-state index contributed by atoms with van der Waals surface area (Å²) in [6, 6.07) is 2.89. The number of aromatic nitrogens is 5. The van der Waals surface area contributed by atoms with Crippen LogP contribution in [0.3, 0.4) is 0 Å². The van der Waals surface area contributed by atoms with Crippen LogP contribution in [0.2, 0.25) is 0 Å². The Kier molecular flexibility index (Phi) is 3.75. The van der Waals surface area contributed by atoms with Crippen molar-refractivity contribution in [1.29, 1.82) is 0 Å². The summed E-state index contributed by atoms with van der Waals surface area (Å²) in [5.74, 6) is -1.42. The summed E-state index contributed by atoms with van der Waals surface area (Å²) in [5, 5.41) is 1.72. The van der Waals surface area contributed by atoms with Gasteiger partial charge in [-0.2, -0.15) is 9.97 Å². The molecule has 4 heterocycles. The van der Waals surface area contributed by atoms with Gasteiger partial charge in [0.25, 0.3) is 0 Å². The van der Waals surface area contributed by atoms with Crippen molar-refractivity contribution >= 4 is 65.6 Å². The van der Waals surface area contributed by atoms with E-state index in [0.717, 1.165) is 0 Å². The lowest BCUT2D eigenvalue weighted by Gasteiger charge is -2.11. The molecule has 0 aliphatic carbocycles. The van der Waals surface area contributed by atoms with Gasteiger partial charge in [0.15, 0.2) is 11.6 Å². The minimum atomic E-state index is -0.786. The van der Waals surface area contributed by atoms with E-state index in [1.165, 1.54) is 4.57 Å². The normalized spacial score (nSPS) is 17.0. The summed E-state index contributed by atoms with van der Waals surface area (Å²) in [7, 11) is 0. The van der Waals surface area contributed by atoms with Crippen LogP contribution >= 0.6 is 0 Å². The molecule has 6 heteroatoms. The Morgan fingerprint density at radius 3 is 1.77 bits per heavy atom. The topological polar surface area (TPSA) is 61.7 Å². The second-order valence-corrected chi connectivity index (χ2v) is 12.9. The van der Waals surface area contributed by atoms with Crippen molar-refractivity contribution in [1.82, 2.24) is 24.1 Å².